The van der Waals surface area contributed by atoms with Crippen molar-refractivity contribution in [1.29, 1.82) is 0 Å². The molecule has 3 rings (SSSR count). The quantitative estimate of drug-likeness (QED) is 0.236. The zero-order chi connectivity index (χ0) is 28.4. The lowest BCUT2D eigenvalue weighted by atomic mass is 10.1. The van der Waals surface area contributed by atoms with Crippen molar-refractivity contribution >= 4 is 23.7 Å². The highest BCUT2D eigenvalue weighted by Crippen LogP contribution is 2.27. The van der Waals surface area contributed by atoms with E-state index in [1.54, 1.807) is 24.3 Å². The van der Waals surface area contributed by atoms with Gasteiger partial charge in [-0.2, -0.15) is 4.98 Å². The summed E-state index contributed by atoms with van der Waals surface area (Å²) in [4.78, 5) is 52.5. The van der Waals surface area contributed by atoms with Crippen LogP contribution in [0.5, 0.6) is 0 Å². The Hall–Kier alpha value is -3.88. The Morgan fingerprint density at radius 2 is 2.00 bits per heavy atom. The maximum atomic E-state index is 14.8. The number of anilines is 1. The van der Waals surface area contributed by atoms with Crippen molar-refractivity contribution in [3.05, 3.63) is 58.4 Å². The second-order valence-electron chi connectivity index (χ2n) is 8.97. The Morgan fingerprint density at radius 1 is 1.26 bits per heavy atom. The maximum absolute atomic E-state index is 14.8. The van der Waals surface area contributed by atoms with Crippen molar-refractivity contribution in [2.24, 2.45) is 0 Å². The zero-order valence-corrected chi connectivity index (χ0v) is 21.3. The monoisotopic (exact) mass is 549 g/mol. The van der Waals surface area contributed by atoms with Gasteiger partial charge in [-0.25, -0.2) is 14.0 Å². The number of rotatable bonds is 12. The number of hydrogen-bond donors (Lipinski definition) is 5. The number of benzene rings is 1. The van der Waals surface area contributed by atoms with Crippen molar-refractivity contribution in [1.82, 2.24) is 20.2 Å². The Kier molecular flexibility index (Phi) is 10.9. The van der Waals surface area contributed by atoms with Gasteiger partial charge in [-0.1, -0.05) is 30.3 Å². The lowest BCUT2D eigenvalue weighted by molar-refractivity contribution is -0.119. The Labute approximate surface area is 223 Å². The van der Waals surface area contributed by atoms with Gasteiger partial charge in [0, 0.05) is 19.9 Å². The van der Waals surface area contributed by atoms with Gasteiger partial charge < -0.3 is 35.6 Å². The summed E-state index contributed by atoms with van der Waals surface area (Å²) in [5, 5.41) is 26.4. The van der Waals surface area contributed by atoms with Gasteiger partial charge in [-0.3, -0.25) is 14.2 Å². The predicted molar refractivity (Wildman–Crippen MR) is 135 cm³/mol. The van der Waals surface area contributed by atoms with Crippen molar-refractivity contribution in [3.63, 3.8) is 0 Å². The van der Waals surface area contributed by atoms with Crippen LogP contribution in [-0.2, 0) is 25.7 Å². The third-order valence-corrected chi connectivity index (χ3v) is 5.96. The fourth-order valence-corrected chi connectivity index (χ4v) is 3.91. The van der Waals surface area contributed by atoms with Crippen molar-refractivity contribution in [2.75, 3.05) is 18.5 Å². The molecule has 2 unspecified atom stereocenters. The van der Waals surface area contributed by atoms with E-state index in [1.807, 2.05) is 6.07 Å². The van der Waals surface area contributed by atoms with Crippen molar-refractivity contribution in [2.45, 2.75) is 63.7 Å². The zero-order valence-electron chi connectivity index (χ0n) is 21.3. The molecule has 1 aliphatic heterocycles. The van der Waals surface area contributed by atoms with E-state index >= 15 is 0 Å². The van der Waals surface area contributed by atoms with Gasteiger partial charge in [0.2, 0.25) is 11.8 Å². The van der Waals surface area contributed by atoms with Crippen LogP contribution in [0.25, 0.3) is 0 Å². The molecule has 3 amide bonds. The van der Waals surface area contributed by atoms with E-state index in [4.69, 9.17) is 9.47 Å². The molecular formula is C25H32FN5O8. The van der Waals surface area contributed by atoms with Crippen LogP contribution in [0.4, 0.5) is 15.0 Å². The highest BCUT2D eigenvalue weighted by molar-refractivity contribution is 5.95. The number of halogens is 1. The van der Waals surface area contributed by atoms with E-state index in [1.165, 1.54) is 6.92 Å². The molecule has 39 heavy (non-hydrogen) atoms. The van der Waals surface area contributed by atoms with Gasteiger partial charge >= 0.3 is 11.8 Å². The van der Waals surface area contributed by atoms with Crippen LogP contribution in [0.1, 0.15) is 44.4 Å². The highest BCUT2D eigenvalue weighted by atomic mass is 19.1. The van der Waals surface area contributed by atoms with Crippen LogP contribution < -0.4 is 21.6 Å². The number of unbranched alkanes of at least 4 members (excludes halogenated alkanes) is 1. The molecule has 212 valence electrons. The van der Waals surface area contributed by atoms with Gasteiger partial charge in [-0.15, -0.1) is 0 Å². The summed E-state index contributed by atoms with van der Waals surface area (Å²) in [5.41, 5.74) is -0.218. The molecular weight excluding hydrogens is 517 g/mol. The molecule has 1 aliphatic rings. The van der Waals surface area contributed by atoms with Crippen LogP contribution in [0.3, 0.4) is 0 Å². The molecule has 1 saturated heterocycles. The molecule has 0 aliphatic carbocycles. The van der Waals surface area contributed by atoms with Gasteiger partial charge in [0.25, 0.3) is 0 Å². The summed E-state index contributed by atoms with van der Waals surface area (Å²) in [6.45, 7) is 1.23. The minimum Gasteiger partial charge on any atom is -0.445 e. The molecule has 5 N–H and O–H groups in total. The number of nitrogens with one attached hydrogen (secondary N) is 3. The summed E-state index contributed by atoms with van der Waals surface area (Å²) < 4.78 is 26.2. The molecule has 2 aromatic rings. The number of alkyl carbamates (subject to hydrolysis) is 1. The Morgan fingerprint density at radius 3 is 2.67 bits per heavy atom. The number of aromatic nitrogens is 2. The molecule has 0 spiro atoms. The first kappa shape index (κ1) is 29.7. The molecule has 0 bridgehead atoms. The van der Waals surface area contributed by atoms with Crippen LogP contribution in [0, 0.1) is 5.82 Å². The molecule has 0 saturated carbocycles. The number of carbonyl (C=O) groups excluding carboxylic acids is 3. The molecule has 13 nitrogen and oxygen atoms in total. The van der Waals surface area contributed by atoms with Gasteiger partial charge in [0.15, 0.2) is 11.6 Å². The fraction of sp³-hybridized carbons (Fsp3) is 0.480. The Balaban J connectivity index is 1.66. The summed E-state index contributed by atoms with van der Waals surface area (Å²) in [6.07, 6.45) is -2.12. The van der Waals surface area contributed by atoms with Crippen LogP contribution in [0.15, 0.2) is 41.3 Å². The summed E-state index contributed by atoms with van der Waals surface area (Å²) in [6, 6.07) is 7.74. The first-order valence-electron chi connectivity index (χ1n) is 12.4. The van der Waals surface area contributed by atoms with Crippen LogP contribution >= 0.6 is 0 Å². The van der Waals surface area contributed by atoms with Crippen LogP contribution in [0.2, 0.25) is 0 Å². The highest BCUT2D eigenvalue weighted by Gasteiger charge is 2.35. The average molecular weight is 550 g/mol. The summed E-state index contributed by atoms with van der Waals surface area (Å²) >= 11 is 0. The van der Waals surface area contributed by atoms with E-state index in [-0.39, 0.29) is 25.4 Å². The molecule has 2 heterocycles. The SMILES string of the molecule is CC(=O)NCCCCC(NC(=O)OCc1ccccc1)C(=O)Nc1nc(=O)n([C@H]2C[C@@H](O)C(CO)O2)cc1F. The van der Waals surface area contributed by atoms with E-state index in [0.29, 0.717) is 19.4 Å². The maximum Gasteiger partial charge on any atom is 0.408 e. The van der Waals surface area contributed by atoms with E-state index in [9.17, 15) is 33.8 Å². The average Bonchev–Trinajstić information content (AvgIpc) is 3.29. The lowest BCUT2D eigenvalue weighted by Gasteiger charge is -2.19. The molecule has 1 aromatic heterocycles. The lowest BCUT2D eigenvalue weighted by Crippen LogP contribution is -2.44. The first-order chi connectivity index (χ1) is 18.7. The smallest absolute Gasteiger partial charge is 0.408 e. The normalized spacial score (nSPS) is 19.2. The van der Waals surface area contributed by atoms with Gasteiger partial charge in [-0.05, 0) is 24.8 Å². The number of aliphatic hydroxyl groups is 2. The third kappa shape index (κ3) is 8.84. The molecule has 4 atom stereocenters. The topological polar surface area (TPSA) is 181 Å². The fourth-order valence-electron chi connectivity index (χ4n) is 3.91. The molecule has 1 aromatic carbocycles. The number of nitrogens with zero attached hydrogens (tertiary/aromatic N) is 2. The first-order valence-corrected chi connectivity index (χ1v) is 12.4. The predicted octanol–water partition coefficient (Wildman–Crippen LogP) is 0.563. The summed E-state index contributed by atoms with van der Waals surface area (Å²) in [7, 11) is 0. The standard InChI is InChI=1S/C25H32FN5O8/c1-15(33)27-10-6-5-9-18(28-25(37)38-14-16-7-3-2-4-8-16)23(35)29-22-17(26)12-31(24(36)30-22)21-11-19(34)20(13-32)39-21/h2-4,7-8,12,18-21,32,34H,5-6,9-11,13-14H2,1H3,(H,27,33)(H,28,37)(H,29,30,35,36)/t18?,19-,20?,21-/m1/s1. The number of hydrogen-bond acceptors (Lipinski definition) is 9. The second-order valence-corrected chi connectivity index (χ2v) is 8.97. The Bertz CT molecular complexity index is 1190. The number of amides is 3. The molecule has 1 fully saturated rings. The largest absolute Gasteiger partial charge is 0.445 e. The summed E-state index contributed by atoms with van der Waals surface area (Å²) in [5.74, 6) is -2.74. The molecule has 14 heteroatoms. The van der Waals surface area contributed by atoms with E-state index < -0.39 is 60.4 Å². The minimum absolute atomic E-state index is 0.0347. The third-order valence-electron chi connectivity index (χ3n) is 5.96. The van der Waals surface area contributed by atoms with E-state index in [2.05, 4.69) is 20.9 Å². The second kappa shape index (κ2) is 14.3. The van der Waals surface area contributed by atoms with E-state index in [0.717, 1.165) is 16.3 Å². The minimum atomic E-state index is -1.16. The number of aliphatic hydroxyl groups excluding tert-OH is 2. The van der Waals surface area contributed by atoms with Crippen molar-refractivity contribution in [3.8, 4) is 0 Å². The molecule has 0 radical (unpaired) electrons. The van der Waals surface area contributed by atoms with Gasteiger partial charge in [0.05, 0.1) is 18.9 Å². The van der Waals surface area contributed by atoms with Crippen molar-refractivity contribution < 1.29 is 38.5 Å². The number of carbonyl (C=O) groups is 3. The van der Waals surface area contributed by atoms with Crippen LogP contribution in [-0.4, -0.2) is 69.1 Å². The van der Waals surface area contributed by atoms with Gasteiger partial charge in [0.1, 0.15) is 25.0 Å². The number of ether oxygens (including phenoxy) is 2.